The molecular formula is C19H21N3O2. The fourth-order valence-electron chi connectivity index (χ4n) is 2.56. The number of ether oxygens (including phenoxy) is 1. The Morgan fingerprint density at radius 2 is 1.75 bits per heavy atom. The molecule has 1 aromatic heterocycles. The van der Waals surface area contributed by atoms with Crippen molar-refractivity contribution in [3.05, 3.63) is 83.7 Å². The largest absolute Gasteiger partial charge is 0.389 e. The van der Waals surface area contributed by atoms with Gasteiger partial charge < -0.3 is 9.84 Å². The molecule has 1 heterocycles. The number of aromatic nitrogens is 3. The molecule has 24 heavy (non-hydrogen) atoms. The Hall–Kier alpha value is -2.50. The van der Waals surface area contributed by atoms with Gasteiger partial charge in [0.25, 0.3) is 0 Å². The first-order chi connectivity index (χ1) is 11.7. The third-order valence-electron chi connectivity index (χ3n) is 3.81. The number of aliphatic hydroxyl groups excluding tert-OH is 1. The summed E-state index contributed by atoms with van der Waals surface area (Å²) in [6.07, 6.45) is 2.45. The van der Waals surface area contributed by atoms with Crippen LogP contribution in [0.1, 0.15) is 22.8 Å². The predicted octanol–water partition coefficient (Wildman–Crippen LogP) is 2.75. The molecule has 0 saturated carbocycles. The Bertz CT molecular complexity index is 727. The SMILES string of the molecule is Cc1ccc([C@H](OC[C@H](O)Cn2ccnn2)c2ccccc2)cc1. The molecule has 0 aliphatic carbocycles. The van der Waals surface area contributed by atoms with Gasteiger partial charge in [0.05, 0.1) is 25.5 Å². The summed E-state index contributed by atoms with van der Waals surface area (Å²) >= 11 is 0. The average molecular weight is 323 g/mol. The minimum atomic E-state index is -0.650. The molecule has 0 radical (unpaired) electrons. The van der Waals surface area contributed by atoms with E-state index in [0.29, 0.717) is 6.54 Å². The van der Waals surface area contributed by atoms with Gasteiger partial charge in [-0.25, -0.2) is 4.68 Å². The van der Waals surface area contributed by atoms with Crippen LogP contribution >= 0.6 is 0 Å². The number of benzene rings is 2. The topological polar surface area (TPSA) is 60.2 Å². The Morgan fingerprint density at radius 3 is 2.42 bits per heavy atom. The lowest BCUT2D eigenvalue weighted by molar-refractivity contribution is -0.00209. The molecule has 0 spiro atoms. The van der Waals surface area contributed by atoms with Crippen molar-refractivity contribution in [1.82, 2.24) is 15.0 Å². The van der Waals surface area contributed by atoms with Gasteiger partial charge in [-0.2, -0.15) is 0 Å². The summed E-state index contributed by atoms with van der Waals surface area (Å²) < 4.78 is 7.65. The van der Waals surface area contributed by atoms with Crippen LogP contribution in [0.3, 0.4) is 0 Å². The van der Waals surface area contributed by atoms with Gasteiger partial charge in [0, 0.05) is 6.20 Å². The molecule has 5 nitrogen and oxygen atoms in total. The molecule has 0 unspecified atom stereocenters. The van der Waals surface area contributed by atoms with Crippen LogP contribution in [-0.4, -0.2) is 32.8 Å². The smallest absolute Gasteiger partial charge is 0.108 e. The lowest BCUT2D eigenvalue weighted by Gasteiger charge is -2.21. The van der Waals surface area contributed by atoms with E-state index in [9.17, 15) is 5.11 Å². The normalized spacial score (nSPS) is 13.6. The van der Waals surface area contributed by atoms with Crippen molar-refractivity contribution < 1.29 is 9.84 Å². The van der Waals surface area contributed by atoms with Crippen LogP contribution in [-0.2, 0) is 11.3 Å². The zero-order chi connectivity index (χ0) is 16.8. The van der Waals surface area contributed by atoms with E-state index in [0.717, 1.165) is 11.1 Å². The van der Waals surface area contributed by atoms with Gasteiger partial charge in [-0.15, -0.1) is 5.10 Å². The first kappa shape index (κ1) is 16.4. The molecule has 0 saturated heterocycles. The van der Waals surface area contributed by atoms with Gasteiger partial charge >= 0.3 is 0 Å². The fourth-order valence-corrected chi connectivity index (χ4v) is 2.56. The number of hydrogen-bond donors (Lipinski definition) is 1. The van der Waals surface area contributed by atoms with Crippen molar-refractivity contribution >= 4 is 0 Å². The maximum Gasteiger partial charge on any atom is 0.108 e. The predicted molar refractivity (Wildman–Crippen MR) is 91.4 cm³/mol. The van der Waals surface area contributed by atoms with E-state index in [1.54, 1.807) is 17.1 Å². The van der Waals surface area contributed by atoms with Crippen molar-refractivity contribution in [1.29, 1.82) is 0 Å². The summed E-state index contributed by atoms with van der Waals surface area (Å²) in [7, 11) is 0. The van der Waals surface area contributed by atoms with Gasteiger partial charge in [-0.1, -0.05) is 65.4 Å². The zero-order valence-corrected chi connectivity index (χ0v) is 13.6. The first-order valence-corrected chi connectivity index (χ1v) is 7.97. The second kappa shape index (κ2) is 7.86. The highest BCUT2D eigenvalue weighted by atomic mass is 16.5. The van der Waals surface area contributed by atoms with Crippen molar-refractivity contribution in [3.63, 3.8) is 0 Å². The lowest BCUT2D eigenvalue weighted by atomic mass is 10.0. The summed E-state index contributed by atoms with van der Waals surface area (Å²) in [5, 5.41) is 17.8. The van der Waals surface area contributed by atoms with Gasteiger partial charge in [0.15, 0.2) is 0 Å². The second-order valence-electron chi connectivity index (χ2n) is 5.81. The van der Waals surface area contributed by atoms with Crippen LogP contribution in [0.4, 0.5) is 0 Å². The van der Waals surface area contributed by atoms with E-state index in [4.69, 9.17) is 4.74 Å². The molecule has 0 aliphatic rings. The molecule has 124 valence electrons. The molecule has 0 bridgehead atoms. The summed E-state index contributed by atoms with van der Waals surface area (Å²) in [5.41, 5.74) is 3.34. The first-order valence-electron chi connectivity index (χ1n) is 7.97. The molecule has 5 heteroatoms. The van der Waals surface area contributed by atoms with Crippen molar-refractivity contribution in [2.24, 2.45) is 0 Å². The number of rotatable bonds is 7. The molecule has 2 aromatic carbocycles. The third-order valence-corrected chi connectivity index (χ3v) is 3.81. The minimum Gasteiger partial charge on any atom is -0.389 e. The van der Waals surface area contributed by atoms with Gasteiger partial charge in [0.2, 0.25) is 0 Å². The summed E-state index contributed by atoms with van der Waals surface area (Å²) in [6, 6.07) is 18.3. The Morgan fingerprint density at radius 1 is 1.04 bits per heavy atom. The van der Waals surface area contributed by atoms with Crippen LogP contribution in [0.2, 0.25) is 0 Å². The monoisotopic (exact) mass is 323 g/mol. The Kier molecular flexibility index (Phi) is 5.36. The van der Waals surface area contributed by atoms with E-state index in [1.165, 1.54) is 5.56 Å². The molecule has 0 aliphatic heterocycles. The van der Waals surface area contributed by atoms with E-state index in [2.05, 4.69) is 41.5 Å². The number of aliphatic hydroxyl groups is 1. The molecule has 1 N–H and O–H groups in total. The Balaban J connectivity index is 1.71. The van der Waals surface area contributed by atoms with Crippen LogP contribution < -0.4 is 0 Å². The maximum atomic E-state index is 10.2. The van der Waals surface area contributed by atoms with Crippen LogP contribution in [0.5, 0.6) is 0 Å². The van der Waals surface area contributed by atoms with E-state index in [1.807, 2.05) is 30.3 Å². The van der Waals surface area contributed by atoms with Crippen molar-refractivity contribution in [2.45, 2.75) is 25.7 Å². The zero-order valence-electron chi connectivity index (χ0n) is 13.6. The highest BCUT2D eigenvalue weighted by Crippen LogP contribution is 2.26. The summed E-state index contributed by atoms with van der Waals surface area (Å²) in [6.45, 7) is 2.63. The van der Waals surface area contributed by atoms with E-state index in [-0.39, 0.29) is 12.7 Å². The second-order valence-corrected chi connectivity index (χ2v) is 5.81. The van der Waals surface area contributed by atoms with Crippen molar-refractivity contribution in [3.8, 4) is 0 Å². The molecule has 2 atom stereocenters. The number of aryl methyl sites for hydroxylation is 1. The standard InChI is InChI=1S/C19H21N3O2/c1-15-7-9-17(10-8-15)19(16-5-3-2-4-6-16)24-14-18(23)13-22-12-11-20-21-22/h2-12,18-19,23H,13-14H2,1H3/t18-,19-/m1/s1. The van der Waals surface area contributed by atoms with Crippen LogP contribution in [0.15, 0.2) is 67.0 Å². The summed E-state index contributed by atoms with van der Waals surface area (Å²) in [4.78, 5) is 0. The third kappa shape index (κ3) is 4.28. The lowest BCUT2D eigenvalue weighted by Crippen LogP contribution is -2.24. The van der Waals surface area contributed by atoms with Gasteiger partial charge in [-0.05, 0) is 18.1 Å². The van der Waals surface area contributed by atoms with Gasteiger partial charge in [-0.3, -0.25) is 0 Å². The molecule has 0 fully saturated rings. The molecular weight excluding hydrogens is 302 g/mol. The highest BCUT2D eigenvalue weighted by molar-refractivity contribution is 5.31. The quantitative estimate of drug-likeness (QED) is 0.726. The average Bonchev–Trinajstić information content (AvgIpc) is 3.10. The number of hydrogen-bond acceptors (Lipinski definition) is 4. The van der Waals surface area contributed by atoms with E-state index >= 15 is 0 Å². The maximum absolute atomic E-state index is 10.2. The van der Waals surface area contributed by atoms with Crippen LogP contribution in [0, 0.1) is 6.92 Å². The van der Waals surface area contributed by atoms with Crippen LogP contribution in [0.25, 0.3) is 0 Å². The number of nitrogens with zero attached hydrogens (tertiary/aromatic N) is 3. The molecule has 3 aromatic rings. The minimum absolute atomic E-state index is 0.211. The molecule has 0 amide bonds. The van der Waals surface area contributed by atoms with Crippen molar-refractivity contribution in [2.75, 3.05) is 6.61 Å². The van der Waals surface area contributed by atoms with Gasteiger partial charge in [0.1, 0.15) is 6.10 Å². The highest BCUT2D eigenvalue weighted by Gasteiger charge is 2.17. The Labute approximate surface area is 141 Å². The summed E-state index contributed by atoms with van der Waals surface area (Å²) in [5.74, 6) is 0. The molecule has 3 rings (SSSR count). The fraction of sp³-hybridized carbons (Fsp3) is 0.263. The van der Waals surface area contributed by atoms with E-state index < -0.39 is 6.10 Å².